The summed E-state index contributed by atoms with van der Waals surface area (Å²) in [5, 5.41) is 0. The lowest BCUT2D eigenvalue weighted by atomic mass is 9.92. The highest BCUT2D eigenvalue weighted by Crippen LogP contribution is 2.68. The first-order chi connectivity index (χ1) is 14.9. The molecule has 0 spiro atoms. The number of halogens is 16. The number of alkyl halides is 16. The van der Waals surface area contributed by atoms with Crippen molar-refractivity contribution in [2.24, 2.45) is 0 Å². The van der Waals surface area contributed by atoms with Crippen molar-refractivity contribution in [1.82, 2.24) is 0 Å². The number of rotatable bonds is 6. The van der Waals surface area contributed by atoms with E-state index in [4.69, 9.17) is 4.74 Å². The second kappa shape index (κ2) is 9.03. The first-order valence-electron chi connectivity index (χ1n) is 9.23. The van der Waals surface area contributed by atoms with Gasteiger partial charge in [0.15, 0.2) is 0 Å². The van der Waals surface area contributed by atoms with E-state index in [2.05, 4.69) is 6.92 Å². The molecule has 2 rings (SSSR count). The molecule has 0 radical (unpaired) electrons. The second-order valence-corrected chi connectivity index (χ2v) is 7.36. The van der Waals surface area contributed by atoms with Crippen molar-refractivity contribution in [3.05, 3.63) is 0 Å². The molecule has 2 atom stereocenters. The largest absolute Gasteiger partial charge is 0.460 e. The van der Waals surface area contributed by atoms with Crippen LogP contribution in [0.15, 0.2) is 0 Å². The summed E-state index contributed by atoms with van der Waals surface area (Å²) in [6, 6.07) is 0. The van der Waals surface area contributed by atoms with Crippen LogP contribution in [0.25, 0.3) is 0 Å². The van der Waals surface area contributed by atoms with Gasteiger partial charge in [-0.15, -0.1) is 0 Å². The molecule has 2 unspecified atom stereocenters. The third kappa shape index (κ3) is 4.40. The number of ether oxygens (including phenoxy) is 2. The molecule has 34 heavy (non-hydrogen) atoms. The Balaban J connectivity index is 0.000000533. The standard InChI is InChI=1S/C8F16O.C8H16O/c9-1(10,4(15,16)7(20,21)22)2(11,12)6(19)3(13,14)5(17,18)8(23,24)25-6;1-2-3-5-8-6-4-7-9-8/h;8H,2-7H2,1H3. The molecule has 0 aromatic rings. The van der Waals surface area contributed by atoms with Gasteiger partial charge >= 0.3 is 47.8 Å². The third-order valence-electron chi connectivity index (χ3n) is 4.88. The minimum Gasteiger partial charge on any atom is -0.378 e. The molecule has 2 fully saturated rings. The Morgan fingerprint density at radius 2 is 1.26 bits per heavy atom. The van der Waals surface area contributed by atoms with Crippen LogP contribution < -0.4 is 0 Å². The average Bonchev–Trinajstić information content (AvgIpc) is 3.20. The van der Waals surface area contributed by atoms with Crippen LogP contribution in [-0.4, -0.2) is 60.5 Å². The zero-order valence-corrected chi connectivity index (χ0v) is 16.7. The summed E-state index contributed by atoms with van der Waals surface area (Å²) in [5.41, 5.74) is 0. The quantitative estimate of drug-likeness (QED) is 0.325. The summed E-state index contributed by atoms with van der Waals surface area (Å²) in [4.78, 5) is 0. The van der Waals surface area contributed by atoms with Crippen LogP contribution in [0.1, 0.15) is 39.0 Å². The molecule has 0 saturated carbocycles. The molecule has 18 heteroatoms. The summed E-state index contributed by atoms with van der Waals surface area (Å²) >= 11 is 0. The third-order valence-corrected chi connectivity index (χ3v) is 4.88. The van der Waals surface area contributed by atoms with E-state index in [1.165, 1.54) is 32.1 Å². The van der Waals surface area contributed by atoms with Gasteiger partial charge < -0.3 is 4.74 Å². The number of hydrogen-bond acceptors (Lipinski definition) is 2. The van der Waals surface area contributed by atoms with Gasteiger partial charge in [-0.3, -0.25) is 4.74 Å². The number of unbranched alkanes of at least 4 members (excludes halogenated alkanes) is 1. The highest BCUT2D eigenvalue weighted by Gasteiger charge is 3.00. The molecule has 0 N–H and O–H groups in total. The second-order valence-electron chi connectivity index (χ2n) is 7.36. The smallest absolute Gasteiger partial charge is 0.378 e. The Bertz CT molecular complexity index is 698. The van der Waals surface area contributed by atoms with Crippen molar-refractivity contribution in [3.8, 4) is 0 Å². The molecule has 0 aliphatic carbocycles. The van der Waals surface area contributed by atoms with Gasteiger partial charge in [-0.05, 0) is 19.3 Å². The summed E-state index contributed by atoms with van der Waals surface area (Å²) in [6.45, 7) is 3.24. The highest BCUT2D eigenvalue weighted by molar-refractivity contribution is 5.18. The molecule has 2 aliphatic heterocycles. The molecule has 2 heterocycles. The summed E-state index contributed by atoms with van der Waals surface area (Å²) < 4.78 is 209. The van der Waals surface area contributed by atoms with Gasteiger partial charge in [0.2, 0.25) is 0 Å². The maximum Gasteiger partial charge on any atom is 0.460 e. The normalized spacial score (nSPS) is 29.0. The zero-order chi connectivity index (χ0) is 27.2. The fraction of sp³-hybridized carbons (Fsp3) is 1.00. The van der Waals surface area contributed by atoms with Crippen molar-refractivity contribution in [1.29, 1.82) is 0 Å². The molecule has 0 bridgehead atoms. The summed E-state index contributed by atoms with van der Waals surface area (Å²) in [7, 11) is 0. The fourth-order valence-electron chi connectivity index (χ4n) is 2.83. The van der Waals surface area contributed by atoms with Gasteiger partial charge in [0.1, 0.15) is 0 Å². The summed E-state index contributed by atoms with van der Waals surface area (Å²) in [5.74, 6) is -47.0. The van der Waals surface area contributed by atoms with Crippen molar-refractivity contribution in [2.45, 2.75) is 92.9 Å². The van der Waals surface area contributed by atoms with Gasteiger partial charge in [-0.1, -0.05) is 19.8 Å². The van der Waals surface area contributed by atoms with E-state index in [-0.39, 0.29) is 0 Å². The lowest BCUT2D eigenvalue weighted by Gasteiger charge is -2.39. The van der Waals surface area contributed by atoms with Gasteiger partial charge in [-0.2, -0.15) is 70.2 Å². The Labute approximate surface area is 180 Å². The molecular formula is C16H16F16O2. The Morgan fingerprint density at radius 1 is 0.765 bits per heavy atom. The topological polar surface area (TPSA) is 18.5 Å². The molecule has 0 aromatic heterocycles. The lowest BCUT2D eigenvalue weighted by molar-refractivity contribution is -0.459. The zero-order valence-electron chi connectivity index (χ0n) is 16.7. The number of hydrogen-bond donors (Lipinski definition) is 0. The van der Waals surface area contributed by atoms with Crippen molar-refractivity contribution in [3.63, 3.8) is 0 Å². The first-order valence-corrected chi connectivity index (χ1v) is 9.23. The minimum absolute atomic E-state index is 0.616. The monoisotopic (exact) mass is 544 g/mol. The van der Waals surface area contributed by atoms with Gasteiger partial charge in [-0.25, -0.2) is 0 Å². The van der Waals surface area contributed by atoms with Crippen LogP contribution >= 0.6 is 0 Å². The van der Waals surface area contributed by atoms with E-state index < -0.39 is 47.8 Å². The Hall–Kier alpha value is -1.20. The lowest BCUT2D eigenvalue weighted by Crippen LogP contribution is -2.72. The van der Waals surface area contributed by atoms with E-state index in [0.717, 1.165) is 6.61 Å². The predicted molar refractivity (Wildman–Crippen MR) is 79.2 cm³/mol. The molecule has 2 nitrogen and oxygen atoms in total. The van der Waals surface area contributed by atoms with E-state index in [0.29, 0.717) is 6.10 Å². The fourth-order valence-corrected chi connectivity index (χ4v) is 2.83. The Morgan fingerprint density at radius 3 is 1.59 bits per heavy atom. The predicted octanol–water partition coefficient (Wildman–Crippen LogP) is 7.37. The van der Waals surface area contributed by atoms with Gasteiger partial charge in [0.05, 0.1) is 6.10 Å². The maximum atomic E-state index is 13.4. The molecule has 2 saturated heterocycles. The maximum absolute atomic E-state index is 13.4. The minimum atomic E-state index is -8.24. The molecule has 0 aromatic carbocycles. The van der Waals surface area contributed by atoms with Crippen molar-refractivity contribution >= 4 is 0 Å². The first kappa shape index (κ1) is 30.8. The van der Waals surface area contributed by atoms with Crippen LogP contribution in [0.4, 0.5) is 70.2 Å². The Kier molecular flexibility index (Phi) is 8.19. The molecular weight excluding hydrogens is 528 g/mol. The molecule has 0 amide bonds. The SMILES string of the molecule is CCCCC1CCCO1.FC(F)(F)C(F)(F)C(F)(F)C(F)(F)C1(F)OC(F)(F)C(F)(F)C1(F)F. The van der Waals surface area contributed by atoms with E-state index >= 15 is 0 Å². The van der Waals surface area contributed by atoms with Crippen LogP contribution in [0.3, 0.4) is 0 Å². The van der Waals surface area contributed by atoms with Crippen LogP contribution in [-0.2, 0) is 9.47 Å². The van der Waals surface area contributed by atoms with Crippen molar-refractivity contribution in [2.75, 3.05) is 6.61 Å². The van der Waals surface area contributed by atoms with Crippen LogP contribution in [0.5, 0.6) is 0 Å². The molecule has 204 valence electrons. The van der Waals surface area contributed by atoms with Crippen LogP contribution in [0, 0.1) is 0 Å². The summed E-state index contributed by atoms with van der Waals surface area (Å²) in [6.07, 6.45) is -7.46. The van der Waals surface area contributed by atoms with E-state index in [1.54, 1.807) is 4.74 Å². The van der Waals surface area contributed by atoms with E-state index in [1.807, 2.05) is 0 Å². The highest BCUT2D eigenvalue weighted by atomic mass is 19.4. The van der Waals surface area contributed by atoms with Crippen molar-refractivity contribution < 1.29 is 79.7 Å². The van der Waals surface area contributed by atoms with Gasteiger partial charge in [0.25, 0.3) is 0 Å². The van der Waals surface area contributed by atoms with Gasteiger partial charge in [0, 0.05) is 6.61 Å². The van der Waals surface area contributed by atoms with E-state index in [9.17, 15) is 70.2 Å². The van der Waals surface area contributed by atoms with Crippen LogP contribution in [0.2, 0.25) is 0 Å². The average molecular weight is 544 g/mol. The molecule has 2 aliphatic rings.